The lowest BCUT2D eigenvalue weighted by atomic mass is 10.1. The van der Waals surface area contributed by atoms with Gasteiger partial charge < -0.3 is 14.6 Å². The molecule has 1 fully saturated rings. The van der Waals surface area contributed by atoms with Crippen LogP contribution in [0.25, 0.3) is 10.8 Å². The van der Waals surface area contributed by atoms with Crippen LogP contribution in [-0.4, -0.2) is 39.7 Å². The Labute approximate surface area is 128 Å². The number of aliphatic hydroxyl groups excluding tert-OH is 1. The highest BCUT2D eigenvalue weighted by Gasteiger charge is 2.31. The molecule has 0 spiro atoms. The van der Waals surface area contributed by atoms with Gasteiger partial charge in [0.1, 0.15) is 6.54 Å². The van der Waals surface area contributed by atoms with Crippen LogP contribution in [0.1, 0.15) is 19.3 Å². The Bertz CT molecular complexity index is 753. The van der Waals surface area contributed by atoms with Crippen molar-refractivity contribution in [2.45, 2.75) is 38.0 Å². The van der Waals surface area contributed by atoms with Crippen LogP contribution < -0.4 is 5.56 Å². The number of hydrogen-bond acceptors (Lipinski definition) is 3. The zero-order valence-corrected chi connectivity index (χ0v) is 12.6. The van der Waals surface area contributed by atoms with Crippen molar-refractivity contribution in [1.29, 1.82) is 0 Å². The Morgan fingerprint density at radius 1 is 1.32 bits per heavy atom. The number of aliphatic hydroxyl groups is 1. The summed E-state index contributed by atoms with van der Waals surface area (Å²) >= 11 is 0. The highest BCUT2D eigenvalue weighted by Crippen LogP contribution is 2.23. The molecule has 0 radical (unpaired) electrons. The third-order valence-corrected chi connectivity index (χ3v) is 4.53. The van der Waals surface area contributed by atoms with Gasteiger partial charge >= 0.3 is 0 Å². The molecule has 5 nitrogen and oxygen atoms in total. The number of benzene rings is 1. The van der Waals surface area contributed by atoms with Crippen molar-refractivity contribution in [2.24, 2.45) is 0 Å². The van der Waals surface area contributed by atoms with E-state index in [9.17, 15) is 14.7 Å². The van der Waals surface area contributed by atoms with E-state index in [0.29, 0.717) is 5.39 Å². The number of fused-ring (bicyclic) bond motifs is 1. The Hall–Kier alpha value is -2.14. The summed E-state index contributed by atoms with van der Waals surface area (Å²) < 4.78 is 1.43. The average Bonchev–Trinajstić information content (AvgIpc) is 2.95. The molecule has 1 aliphatic rings. The van der Waals surface area contributed by atoms with Gasteiger partial charge in [0, 0.05) is 18.6 Å². The van der Waals surface area contributed by atoms with Crippen molar-refractivity contribution >= 4 is 16.7 Å². The maximum absolute atomic E-state index is 12.4. The summed E-state index contributed by atoms with van der Waals surface area (Å²) in [6.07, 6.45) is 3.68. The van der Waals surface area contributed by atoms with Gasteiger partial charge in [-0.3, -0.25) is 9.59 Å². The minimum Gasteiger partial charge on any atom is -0.391 e. The van der Waals surface area contributed by atoms with E-state index in [0.717, 1.165) is 24.6 Å². The first-order valence-electron chi connectivity index (χ1n) is 7.60. The van der Waals surface area contributed by atoms with Crippen molar-refractivity contribution in [1.82, 2.24) is 9.47 Å². The summed E-state index contributed by atoms with van der Waals surface area (Å²) in [5.41, 5.74) is -0.160. The molecule has 0 unspecified atom stereocenters. The maximum atomic E-state index is 12.4. The second kappa shape index (κ2) is 5.93. The monoisotopic (exact) mass is 300 g/mol. The Balaban J connectivity index is 1.82. The quantitative estimate of drug-likeness (QED) is 0.931. The summed E-state index contributed by atoms with van der Waals surface area (Å²) in [5, 5.41) is 11.4. The van der Waals surface area contributed by atoms with Crippen LogP contribution in [0.3, 0.4) is 0 Å². The fourth-order valence-electron chi connectivity index (χ4n) is 3.17. The van der Waals surface area contributed by atoms with Crippen LogP contribution >= 0.6 is 0 Å². The SMILES string of the molecule is CN(C(=O)Cn1ccc2ccccc2c1=O)[C@@H]1CCC[C@H]1O. The molecular weight excluding hydrogens is 280 g/mol. The summed E-state index contributed by atoms with van der Waals surface area (Å²) in [7, 11) is 1.70. The van der Waals surface area contributed by atoms with Gasteiger partial charge in [-0.2, -0.15) is 0 Å². The molecule has 1 amide bonds. The summed E-state index contributed by atoms with van der Waals surface area (Å²) in [5.74, 6) is -0.150. The first-order valence-corrected chi connectivity index (χ1v) is 7.60. The molecule has 1 aromatic heterocycles. The fraction of sp³-hybridized carbons (Fsp3) is 0.412. The van der Waals surface area contributed by atoms with Crippen LogP contribution in [0, 0.1) is 0 Å². The Morgan fingerprint density at radius 2 is 2.09 bits per heavy atom. The lowest BCUT2D eigenvalue weighted by molar-refractivity contribution is -0.134. The molecule has 1 N–H and O–H groups in total. The normalized spacial score (nSPS) is 21.2. The molecule has 0 aliphatic heterocycles. The zero-order chi connectivity index (χ0) is 15.7. The third kappa shape index (κ3) is 2.64. The van der Waals surface area contributed by atoms with Crippen molar-refractivity contribution in [3.05, 3.63) is 46.9 Å². The molecule has 1 aliphatic carbocycles. The molecule has 0 bridgehead atoms. The van der Waals surface area contributed by atoms with Crippen molar-refractivity contribution in [3.8, 4) is 0 Å². The minimum absolute atomic E-state index is 0.00336. The maximum Gasteiger partial charge on any atom is 0.258 e. The molecule has 1 heterocycles. The van der Waals surface area contributed by atoms with Gasteiger partial charge in [0.25, 0.3) is 5.56 Å². The van der Waals surface area contributed by atoms with Gasteiger partial charge in [-0.15, -0.1) is 0 Å². The predicted molar refractivity (Wildman–Crippen MR) is 84.6 cm³/mol. The zero-order valence-electron chi connectivity index (χ0n) is 12.6. The number of carbonyl (C=O) groups is 1. The Morgan fingerprint density at radius 3 is 2.82 bits per heavy atom. The number of hydrogen-bond donors (Lipinski definition) is 1. The van der Waals surface area contributed by atoms with E-state index in [4.69, 9.17) is 0 Å². The fourth-order valence-corrected chi connectivity index (χ4v) is 3.17. The van der Waals surface area contributed by atoms with Crippen LogP contribution in [0.5, 0.6) is 0 Å². The van der Waals surface area contributed by atoms with E-state index >= 15 is 0 Å². The van der Waals surface area contributed by atoms with Gasteiger partial charge in [-0.25, -0.2) is 0 Å². The van der Waals surface area contributed by atoms with E-state index in [2.05, 4.69) is 0 Å². The molecule has 2 aromatic rings. The molecule has 1 saturated carbocycles. The van der Waals surface area contributed by atoms with Gasteiger partial charge in [0.05, 0.1) is 12.1 Å². The largest absolute Gasteiger partial charge is 0.391 e. The number of nitrogens with zero attached hydrogens (tertiary/aromatic N) is 2. The number of aromatic nitrogens is 1. The van der Waals surface area contributed by atoms with Gasteiger partial charge in [-0.1, -0.05) is 18.2 Å². The average molecular weight is 300 g/mol. The minimum atomic E-state index is -0.456. The van der Waals surface area contributed by atoms with E-state index in [1.54, 1.807) is 24.2 Å². The molecule has 0 saturated heterocycles. The molecule has 3 rings (SSSR count). The smallest absolute Gasteiger partial charge is 0.258 e. The molecule has 1 aromatic carbocycles. The van der Waals surface area contributed by atoms with Gasteiger partial charge in [0.2, 0.25) is 5.91 Å². The summed E-state index contributed by atoms with van der Waals surface area (Å²) in [6, 6.07) is 9.05. The molecule has 2 atom stereocenters. The van der Waals surface area contributed by atoms with E-state index < -0.39 is 6.10 Å². The van der Waals surface area contributed by atoms with E-state index in [1.165, 1.54) is 4.57 Å². The second-order valence-electron chi connectivity index (χ2n) is 5.91. The highest BCUT2D eigenvalue weighted by atomic mass is 16.3. The van der Waals surface area contributed by atoms with Crippen LogP contribution in [0.15, 0.2) is 41.3 Å². The summed E-state index contributed by atoms with van der Waals surface area (Å²) in [4.78, 5) is 26.4. The standard InChI is InChI=1S/C17H20N2O3/c1-18(14-7-4-8-15(14)20)16(21)11-19-10-9-12-5-2-3-6-13(12)17(19)22/h2-3,5-6,9-10,14-15,20H,4,7-8,11H2,1H3/t14-,15-/m1/s1. The first-order chi connectivity index (χ1) is 10.6. The van der Waals surface area contributed by atoms with E-state index in [-0.39, 0.29) is 24.1 Å². The van der Waals surface area contributed by atoms with Crippen molar-refractivity contribution < 1.29 is 9.90 Å². The molecule has 5 heteroatoms. The number of likely N-dealkylation sites (N-methyl/N-ethyl adjacent to an activating group) is 1. The number of amides is 1. The van der Waals surface area contributed by atoms with Crippen LogP contribution in [-0.2, 0) is 11.3 Å². The topological polar surface area (TPSA) is 62.5 Å². The number of carbonyl (C=O) groups excluding carboxylic acids is 1. The van der Waals surface area contributed by atoms with E-state index in [1.807, 2.05) is 24.3 Å². The molecule has 22 heavy (non-hydrogen) atoms. The van der Waals surface area contributed by atoms with Crippen LogP contribution in [0.4, 0.5) is 0 Å². The number of pyridine rings is 1. The van der Waals surface area contributed by atoms with Crippen molar-refractivity contribution in [2.75, 3.05) is 7.05 Å². The molecular formula is C17H20N2O3. The van der Waals surface area contributed by atoms with Gasteiger partial charge in [0.15, 0.2) is 0 Å². The summed E-state index contributed by atoms with van der Waals surface area (Å²) in [6.45, 7) is 0.00336. The third-order valence-electron chi connectivity index (χ3n) is 4.53. The highest BCUT2D eigenvalue weighted by molar-refractivity contribution is 5.82. The van der Waals surface area contributed by atoms with Gasteiger partial charge in [-0.05, 0) is 36.8 Å². The predicted octanol–water partition coefficient (Wildman–Crippen LogP) is 1.37. The number of rotatable bonds is 3. The Kier molecular flexibility index (Phi) is 3.98. The van der Waals surface area contributed by atoms with Crippen molar-refractivity contribution in [3.63, 3.8) is 0 Å². The first kappa shape index (κ1) is 14.8. The van der Waals surface area contributed by atoms with Crippen LogP contribution in [0.2, 0.25) is 0 Å². The molecule has 116 valence electrons. The lowest BCUT2D eigenvalue weighted by Crippen LogP contribution is -2.44. The lowest BCUT2D eigenvalue weighted by Gasteiger charge is -2.27. The second-order valence-corrected chi connectivity index (χ2v) is 5.91.